The fourth-order valence-electron chi connectivity index (χ4n) is 2.63. The maximum atomic E-state index is 12.9. The molecule has 1 unspecified atom stereocenters. The summed E-state index contributed by atoms with van der Waals surface area (Å²) in [5, 5.41) is 0. The summed E-state index contributed by atoms with van der Waals surface area (Å²) in [6.45, 7) is 0.620. The number of rotatable bonds is 2. The van der Waals surface area contributed by atoms with Gasteiger partial charge in [0.05, 0.1) is 12.1 Å². The van der Waals surface area contributed by atoms with Gasteiger partial charge >= 0.3 is 0 Å². The van der Waals surface area contributed by atoms with Gasteiger partial charge in [-0.15, -0.1) is 0 Å². The van der Waals surface area contributed by atoms with Gasteiger partial charge in [-0.05, 0) is 30.2 Å². The van der Waals surface area contributed by atoms with E-state index in [0.717, 1.165) is 23.3 Å². The van der Waals surface area contributed by atoms with E-state index in [0.29, 0.717) is 13.0 Å². The zero-order valence-corrected chi connectivity index (χ0v) is 10.6. The van der Waals surface area contributed by atoms with Crippen LogP contribution in [0.2, 0.25) is 0 Å². The zero-order valence-electron chi connectivity index (χ0n) is 10.6. The van der Waals surface area contributed by atoms with E-state index in [1.807, 2.05) is 24.3 Å². The van der Waals surface area contributed by atoms with Crippen LogP contribution in [-0.2, 0) is 12.0 Å². The van der Waals surface area contributed by atoms with E-state index in [9.17, 15) is 4.39 Å². The largest absolute Gasteiger partial charge is 0.493 e. The molecule has 3 rings (SSSR count). The summed E-state index contributed by atoms with van der Waals surface area (Å²) in [4.78, 5) is 0. The number of ether oxygens (including phenoxy) is 1. The van der Waals surface area contributed by atoms with Gasteiger partial charge < -0.3 is 10.5 Å². The van der Waals surface area contributed by atoms with Gasteiger partial charge in [0.25, 0.3) is 0 Å². The van der Waals surface area contributed by atoms with E-state index >= 15 is 0 Å². The summed E-state index contributed by atoms with van der Waals surface area (Å²) in [7, 11) is 0. The highest BCUT2D eigenvalue weighted by molar-refractivity contribution is 5.41. The van der Waals surface area contributed by atoms with Crippen molar-refractivity contribution >= 4 is 0 Å². The van der Waals surface area contributed by atoms with Gasteiger partial charge in [-0.3, -0.25) is 0 Å². The first-order valence-electron chi connectivity index (χ1n) is 6.43. The summed E-state index contributed by atoms with van der Waals surface area (Å²) in [5.74, 6) is 0.639. The van der Waals surface area contributed by atoms with Crippen LogP contribution < -0.4 is 10.5 Å². The Hall–Kier alpha value is -1.87. The predicted molar refractivity (Wildman–Crippen MR) is 72.5 cm³/mol. The fourth-order valence-corrected chi connectivity index (χ4v) is 2.63. The number of halogens is 1. The molecular formula is C16H16FNO. The third kappa shape index (κ3) is 2.34. The number of benzene rings is 2. The summed E-state index contributed by atoms with van der Waals surface area (Å²) in [6.07, 6.45) is 1.45. The number of fused-ring (bicyclic) bond motifs is 1. The van der Waals surface area contributed by atoms with Crippen LogP contribution in [0.3, 0.4) is 0 Å². The maximum Gasteiger partial charge on any atom is 0.124 e. The molecule has 0 spiro atoms. The molecule has 19 heavy (non-hydrogen) atoms. The van der Waals surface area contributed by atoms with Gasteiger partial charge in [-0.2, -0.15) is 0 Å². The lowest BCUT2D eigenvalue weighted by Crippen LogP contribution is -2.43. The number of hydrogen-bond donors (Lipinski definition) is 1. The average Bonchev–Trinajstić information content (AvgIpc) is 2.42. The van der Waals surface area contributed by atoms with Crippen molar-refractivity contribution in [3.05, 3.63) is 65.5 Å². The summed E-state index contributed by atoms with van der Waals surface area (Å²) in [6, 6.07) is 14.4. The van der Waals surface area contributed by atoms with E-state index in [1.165, 1.54) is 12.1 Å². The first kappa shape index (κ1) is 12.2. The van der Waals surface area contributed by atoms with Crippen LogP contribution in [0, 0.1) is 5.82 Å². The van der Waals surface area contributed by atoms with Gasteiger partial charge in [0.15, 0.2) is 0 Å². The lowest BCUT2D eigenvalue weighted by atomic mass is 9.80. The number of para-hydroxylation sites is 1. The maximum absolute atomic E-state index is 12.9. The topological polar surface area (TPSA) is 35.2 Å². The lowest BCUT2D eigenvalue weighted by molar-refractivity contribution is 0.215. The molecule has 1 atom stereocenters. The minimum atomic E-state index is -0.438. The number of hydrogen-bond acceptors (Lipinski definition) is 2. The van der Waals surface area contributed by atoms with Crippen LogP contribution in [0.15, 0.2) is 48.5 Å². The van der Waals surface area contributed by atoms with Crippen molar-refractivity contribution in [1.82, 2.24) is 0 Å². The third-order valence-corrected chi connectivity index (χ3v) is 3.66. The first-order valence-corrected chi connectivity index (χ1v) is 6.43. The summed E-state index contributed by atoms with van der Waals surface area (Å²) in [5.41, 5.74) is 8.20. The van der Waals surface area contributed by atoms with E-state index in [1.54, 1.807) is 12.1 Å². The Bertz CT molecular complexity index is 582. The van der Waals surface area contributed by atoms with Crippen molar-refractivity contribution in [3.63, 3.8) is 0 Å². The SMILES string of the molecule is NC1(Cc2ccc(F)cc2)CCOc2ccccc21. The molecule has 0 amide bonds. The lowest BCUT2D eigenvalue weighted by Gasteiger charge is -2.35. The Balaban J connectivity index is 1.93. The first-order chi connectivity index (χ1) is 9.17. The normalized spacial score (nSPS) is 21.6. The van der Waals surface area contributed by atoms with Crippen LogP contribution in [0.4, 0.5) is 4.39 Å². The molecule has 2 aromatic carbocycles. The average molecular weight is 257 g/mol. The molecule has 1 aliphatic heterocycles. The van der Waals surface area contributed by atoms with Crippen LogP contribution in [0.25, 0.3) is 0 Å². The second-order valence-electron chi connectivity index (χ2n) is 5.05. The molecule has 2 aromatic rings. The molecule has 0 fully saturated rings. The molecule has 0 saturated carbocycles. The van der Waals surface area contributed by atoms with Crippen molar-refractivity contribution in [3.8, 4) is 5.75 Å². The van der Waals surface area contributed by atoms with Crippen LogP contribution in [0.1, 0.15) is 17.5 Å². The standard InChI is InChI=1S/C16H16FNO/c17-13-7-5-12(6-8-13)11-16(18)9-10-19-15-4-2-1-3-14(15)16/h1-8H,9-11,18H2. The molecule has 0 aromatic heterocycles. The van der Waals surface area contributed by atoms with Crippen LogP contribution in [-0.4, -0.2) is 6.61 Å². The van der Waals surface area contributed by atoms with Crippen molar-refractivity contribution < 1.29 is 9.13 Å². The monoisotopic (exact) mass is 257 g/mol. The summed E-state index contributed by atoms with van der Waals surface area (Å²) < 4.78 is 18.6. The van der Waals surface area contributed by atoms with E-state index in [-0.39, 0.29) is 5.82 Å². The van der Waals surface area contributed by atoms with Gasteiger partial charge in [0.2, 0.25) is 0 Å². The third-order valence-electron chi connectivity index (χ3n) is 3.66. The highest BCUT2D eigenvalue weighted by Gasteiger charge is 2.33. The molecule has 1 heterocycles. The summed E-state index contributed by atoms with van der Waals surface area (Å²) >= 11 is 0. The van der Waals surface area contributed by atoms with Gasteiger partial charge in [-0.25, -0.2) is 4.39 Å². The fraction of sp³-hybridized carbons (Fsp3) is 0.250. The Kier molecular flexibility index (Phi) is 2.99. The van der Waals surface area contributed by atoms with Crippen molar-refractivity contribution in [2.45, 2.75) is 18.4 Å². The predicted octanol–water partition coefficient (Wildman–Crippen LogP) is 3.00. The molecule has 1 aliphatic rings. The minimum absolute atomic E-state index is 0.220. The Morgan fingerprint density at radius 3 is 2.63 bits per heavy atom. The molecule has 0 radical (unpaired) electrons. The Labute approximate surface area is 112 Å². The minimum Gasteiger partial charge on any atom is -0.493 e. The molecule has 0 aliphatic carbocycles. The van der Waals surface area contributed by atoms with Crippen molar-refractivity contribution in [1.29, 1.82) is 0 Å². The zero-order chi connectivity index (χ0) is 13.3. The second-order valence-corrected chi connectivity index (χ2v) is 5.05. The van der Waals surface area contributed by atoms with Gasteiger partial charge in [0.1, 0.15) is 11.6 Å². The molecule has 0 saturated heterocycles. The highest BCUT2D eigenvalue weighted by atomic mass is 19.1. The van der Waals surface area contributed by atoms with Crippen molar-refractivity contribution in [2.24, 2.45) is 5.73 Å². The van der Waals surface area contributed by atoms with E-state index in [2.05, 4.69) is 0 Å². The van der Waals surface area contributed by atoms with Crippen LogP contribution in [0.5, 0.6) is 5.75 Å². The Morgan fingerprint density at radius 2 is 1.84 bits per heavy atom. The quantitative estimate of drug-likeness (QED) is 0.897. The molecular weight excluding hydrogens is 241 g/mol. The molecule has 98 valence electrons. The Morgan fingerprint density at radius 1 is 1.11 bits per heavy atom. The molecule has 3 heteroatoms. The van der Waals surface area contributed by atoms with Crippen LogP contribution >= 0.6 is 0 Å². The smallest absolute Gasteiger partial charge is 0.124 e. The molecule has 0 bridgehead atoms. The van der Waals surface area contributed by atoms with E-state index < -0.39 is 5.54 Å². The highest BCUT2D eigenvalue weighted by Crippen LogP contribution is 2.37. The van der Waals surface area contributed by atoms with Gasteiger partial charge in [0, 0.05) is 12.0 Å². The second kappa shape index (κ2) is 4.67. The molecule has 2 N–H and O–H groups in total. The molecule has 2 nitrogen and oxygen atoms in total. The van der Waals surface area contributed by atoms with Gasteiger partial charge in [-0.1, -0.05) is 30.3 Å². The number of nitrogens with two attached hydrogens (primary N) is 1. The van der Waals surface area contributed by atoms with E-state index in [4.69, 9.17) is 10.5 Å². The van der Waals surface area contributed by atoms with Crippen molar-refractivity contribution in [2.75, 3.05) is 6.61 Å².